The summed E-state index contributed by atoms with van der Waals surface area (Å²) in [6.07, 6.45) is 3.71. The highest BCUT2D eigenvalue weighted by molar-refractivity contribution is 6.28. The van der Waals surface area contributed by atoms with Crippen LogP contribution in [0.25, 0.3) is 0 Å². The Bertz CT molecular complexity index is 458. The maximum absolute atomic E-state index is 10.5. The lowest BCUT2D eigenvalue weighted by molar-refractivity contribution is 0.00496. The molecule has 0 bridgehead atoms. The van der Waals surface area contributed by atoms with Gasteiger partial charge in [0.05, 0.1) is 17.0 Å². The molecule has 0 atom stereocenters. The number of rotatable bonds is 3. The molecule has 0 aliphatic heterocycles. The van der Waals surface area contributed by atoms with E-state index in [1.807, 2.05) is 0 Å². The number of nitrogens with two attached hydrogens (primary N) is 1. The SMILES string of the molecule is Cc1nc(Cl)nc(NCC2(O)CCC(C)CC2)c1N. The minimum atomic E-state index is -0.676. The molecule has 106 valence electrons. The first-order valence-electron chi connectivity index (χ1n) is 6.65. The van der Waals surface area contributed by atoms with Crippen molar-refractivity contribution in [2.24, 2.45) is 5.92 Å². The smallest absolute Gasteiger partial charge is 0.224 e. The van der Waals surface area contributed by atoms with Crippen molar-refractivity contribution in [3.8, 4) is 0 Å². The predicted octanol–water partition coefficient (Wildman–Crippen LogP) is 2.37. The van der Waals surface area contributed by atoms with Crippen LogP contribution >= 0.6 is 11.6 Å². The lowest BCUT2D eigenvalue weighted by atomic mass is 9.79. The fourth-order valence-corrected chi connectivity index (χ4v) is 2.62. The molecule has 1 aromatic rings. The van der Waals surface area contributed by atoms with Gasteiger partial charge in [-0.25, -0.2) is 4.98 Å². The zero-order valence-corrected chi connectivity index (χ0v) is 12.2. The van der Waals surface area contributed by atoms with Crippen molar-refractivity contribution in [1.82, 2.24) is 9.97 Å². The maximum Gasteiger partial charge on any atom is 0.224 e. The molecule has 0 aromatic carbocycles. The van der Waals surface area contributed by atoms with Gasteiger partial charge in [-0.05, 0) is 50.1 Å². The van der Waals surface area contributed by atoms with E-state index in [4.69, 9.17) is 17.3 Å². The molecule has 0 saturated heterocycles. The van der Waals surface area contributed by atoms with E-state index in [-0.39, 0.29) is 5.28 Å². The molecule has 1 saturated carbocycles. The van der Waals surface area contributed by atoms with Crippen LogP contribution in [0, 0.1) is 12.8 Å². The Labute approximate surface area is 118 Å². The van der Waals surface area contributed by atoms with Gasteiger partial charge in [-0.3, -0.25) is 0 Å². The number of hydrogen-bond donors (Lipinski definition) is 3. The van der Waals surface area contributed by atoms with Crippen molar-refractivity contribution in [3.05, 3.63) is 11.0 Å². The van der Waals surface area contributed by atoms with Gasteiger partial charge >= 0.3 is 0 Å². The fraction of sp³-hybridized carbons (Fsp3) is 0.692. The minimum Gasteiger partial charge on any atom is -0.394 e. The third-order valence-corrected chi connectivity index (χ3v) is 4.07. The van der Waals surface area contributed by atoms with Gasteiger partial charge in [0.25, 0.3) is 0 Å². The van der Waals surface area contributed by atoms with E-state index in [0.29, 0.717) is 29.7 Å². The third kappa shape index (κ3) is 3.48. The normalized spacial score (nSPS) is 27.3. The van der Waals surface area contributed by atoms with Crippen molar-refractivity contribution in [2.45, 2.75) is 45.1 Å². The van der Waals surface area contributed by atoms with E-state index >= 15 is 0 Å². The molecule has 19 heavy (non-hydrogen) atoms. The quantitative estimate of drug-likeness (QED) is 0.742. The maximum atomic E-state index is 10.5. The molecule has 2 rings (SSSR count). The second kappa shape index (κ2) is 5.51. The van der Waals surface area contributed by atoms with Crippen LogP contribution in [0.4, 0.5) is 11.5 Å². The number of nitrogen functional groups attached to an aromatic ring is 1. The first-order valence-corrected chi connectivity index (χ1v) is 7.03. The Balaban J connectivity index is 2.02. The molecular weight excluding hydrogens is 264 g/mol. The molecule has 1 heterocycles. The lowest BCUT2D eigenvalue weighted by Gasteiger charge is -2.35. The van der Waals surface area contributed by atoms with E-state index in [0.717, 1.165) is 25.7 Å². The van der Waals surface area contributed by atoms with Crippen LogP contribution in [0.15, 0.2) is 0 Å². The van der Waals surface area contributed by atoms with Gasteiger partial charge in [0, 0.05) is 6.54 Å². The van der Waals surface area contributed by atoms with Crippen LogP contribution < -0.4 is 11.1 Å². The van der Waals surface area contributed by atoms with Crippen molar-refractivity contribution < 1.29 is 5.11 Å². The van der Waals surface area contributed by atoms with E-state index in [9.17, 15) is 5.11 Å². The standard InChI is InChI=1S/C13H21ClN4O/c1-8-3-5-13(19,6-4-8)7-16-11-10(15)9(2)17-12(14)18-11/h8,19H,3-7,15H2,1-2H3,(H,16,17,18). The summed E-state index contributed by atoms with van der Waals surface area (Å²) in [4.78, 5) is 8.05. The summed E-state index contributed by atoms with van der Waals surface area (Å²) in [7, 11) is 0. The summed E-state index contributed by atoms with van der Waals surface area (Å²) in [5, 5.41) is 13.8. The second-order valence-corrected chi connectivity index (χ2v) is 5.94. The van der Waals surface area contributed by atoms with Crippen molar-refractivity contribution >= 4 is 23.1 Å². The molecule has 0 amide bonds. The van der Waals surface area contributed by atoms with Crippen LogP contribution in [0.5, 0.6) is 0 Å². The number of nitrogens with zero attached hydrogens (tertiary/aromatic N) is 2. The van der Waals surface area contributed by atoms with Gasteiger partial charge in [0.1, 0.15) is 0 Å². The van der Waals surface area contributed by atoms with Crippen LogP contribution in [0.3, 0.4) is 0 Å². The van der Waals surface area contributed by atoms with Crippen molar-refractivity contribution in [3.63, 3.8) is 0 Å². The highest BCUT2D eigenvalue weighted by Crippen LogP contribution is 2.32. The molecule has 0 spiro atoms. The van der Waals surface area contributed by atoms with Crippen LogP contribution in [-0.4, -0.2) is 27.2 Å². The molecule has 1 fully saturated rings. The fourth-order valence-electron chi connectivity index (χ4n) is 2.41. The first-order chi connectivity index (χ1) is 8.89. The Morgan fingerprint density at radius 1 is 1.42 bits per heavy atom. The summed E-state index contributed by atoms with van der Waals surface area (Å²) in [6.45, 7) is 4.44. The molecule has 6 heteroatoms. The molecule has 0 radical (unpaired) electrons. The van der Waals surface area contributed by atoms with E-state index in [2.05, 4.69) is 22.2 Å². The lowest BCUT2D eigenvalue weighted by Crippen LogP contribution is -2.40. The number of aryl methyl sites for hydroxylation is 1. The molecule has 4 N–H and O–H groups in total. The highest BCUT2D eigenvalue weighted by atomic mass is 35.5. The summed E-state index contributed by atoms with van der Waals surface area (Å²) in [5.41, 5.74) is 6.36. The average molecular weight is 285 g/mol. The number of halogens is 1. The summed E-state index contributed by atoms with van der Waals surface area (Å²) >= 11 is 5.82. The summed E-state index contributed by atoms with van der Waals surface area (Å²) in [5.74, 6) is 1.20. The second-order valence-electron chi connectivity index (χ2n) is 5.60. The summed E-state index contributed by atoms with van der Waals surface area (Å²) in [6, 6.07) is 0. The van der Waals surface area contributed by atoms with Gasteiger partial charge in [-0.15, -0.1) is 0 Å². The molecule has 0 unspecified atom stereocenters. The molecule has 1 aliphatic carbocycles. The summed E-state index contributed by atoms with van der Waals surface area (Å²) < 4.78 is 0. The van der Waals surface area contributed by atoms with Gasteiger partial charge in [-0.2, -0.15) is 4.98 Å². The van der Waals surface area contributed by atoms with Gasteiger partial charge in [0.2, 0.25) is 5.28 Å². The van der Waals surface area contributed by atoms with Gasteiger partial charge in [0.15, 0.2) is 5.82 Å². The van der Waals surface area contributed by atoms with Crippen molar-refractivity contribution in [2.75, 3.05) is 17.6 Å². The zero-order chi connectivity index (χ0) is 14.0. The largest absolute Gasteiger partial charge is 0.394 e. The molecular formula is C13H21ClN4O. The number of hydrogen-bond acceptors (Lipinski definition) is 5. The molecule has 1 aromatic heterocycles. The van der Waals surface area contributed by atoms with Gasteiger partial charge < -0.3 is 16.2 Å². The number of nitrogens with one attached hydrogen (secondary N) is 1. The van der Waals surface area contributed by atoms with Crippen LogP contribution in [0.2, 0.25) is 5.28 Å². The molecule has 5 nitrogen and oxygen atoms in total. The van der Waals surface area contributed by atoms with E-state index in [1.165, 1.54) is 0 Å². The van der Waals surface area contributed by atoms with Crippen molar-refractivity contribution in [1.29, 1.82) is 0 Å². The van der Waals surface area contributed by atoms with Gasteiger partial charge in [-0.1, -0.05) is 6.92 Å². The zero-order valence-electron chi connectivity index (χ0n) is 11.4. The number of aromatic nitrogens is 2. The van der Waals surface area contributed by atoms with Crippen LogP contribution in [-0.2, 0) is 0 Å². The number of anilines is 2. The van der Waals surface area contributed by atoms with E-state index in [1.54, 1.807) is 6.92 Å². The monoisotopic (exact) mass is 284 g/mol. The average Bonchev–Trinajstić information content (AvgIpc) is 2.36. The minimum absolute atomic E-state index is 0.165. The Kier molecular flexibility index (Phi) is 4.16. The van der Waals surface area contributed by atoms with E-state index < -0.39 is 5.60 Å². The Hall–Kier alpha value is -1.07. The van der Waals surface area contributed by atoms with Crippen LogP contribution in [0.1, 0.15) is 38.3 Å². The predicted molar refractivity (Wildman–Crippen MR) is 77.3 cm³/mol. The Morgan fingerprint density at radius 3 is 2.68 bits per heavy atom. The Morgan fingerprint density at radius 2 is 2.05 bits per heavy atom. The number of aliphatic hydroxyl groups is 1. The molecule has 1 aliphatic rings. The third-order valence-electron chi connectivity index (χ3n) is 3.90. The first kappa shape index (κ1) is 14.3. The highest BCUT2D eigenvalue weighted by Gasteiger charge is 2.31. The topological polar surface area (TPSA) is 84.1 Å².